The Morgan fingerprint density at radius 2 is 2.45 bits per heavy atom. The normalized spacial score (nSPS) is 10.3. The van der Waals surface area contributed by atoms with Gasteiger partial charge in [-0.15, -0.1) is 15.0 Å². The molecular weight excluding hydrogens is 144 g/mol. The van der Waals surface area contributed by atoms with Crippen molar-refractivity contribution >= 4 is 0 Å². The second-order valence-corrected chi connectivity index (χ2v) is 2.20. The minimum atomic E-state index is 0.403. The summed E-state index contributed by atoms with van der Waals surface area (Å²) in [4.78, 5) is 1.41. The molecule has 0 unspecified atom stereocenters. The van der Waals surface area contributed by atoms with Crippen molar-refractivity contribution in [2.45, 2.75) is 26.5 Å². The van der Waals surface area contributed by atoms with Crippen molar-refractivity contribution in [3.63, 3.8) is 0 Å². The molecule has 0 fully saturated rings. The molecule has 0 radical (unpaired) electrons. The van der Waals surface area contributed by atoms with Crippen LogP contribution >= 0.6 is 0 Å². The standard InChI is InChI=1S/C6H12N4O/c1-2-3-4-11-6-10-8-5-7-9-10/h5H,2-4,6H2,1H3. The van der Waals surface area contributed by atoms with Crippen LogP contribution in [0.2, 0.25) is 0 Å². The molecule has 0 saturated heterocycles. The first-order valence-electron chi connectivity index (χ1n) is 3.72. The number of aromatic nitrogens is 4. The van der Waals surface area contributed by atoms with Crippen LogP contribution in [0.15, 0.2) is 6.33 Å². The highest BCUT2D eigenvalue weighted by Gasteiger charge is 1.90. The van der Waals surface area contributed by atoms with Gasteiger partial charge in [-0.2, -0.15) is 0 Å². The SMILES string of the molecule is CCCCOCn1ncnn1. The van der Waals surface area contributed by atoms with Crippen LogP contribution in [0.25, 0.3) is 0 Å². The molecule has 1 heterocycles. The summed E-state index contributed by atoms with van der Waals surface area (Å²) in [5.74, 6) is 0. The maximum atomic E-state index is 5.22. The predicted octanol–water partition coefficient (Wildman–Crippen LogP) is 0.447. The second-order valence-electron chi connectivity index (χ2n) is 2.20. The molecule has 0 aliphatic carbocycles. The minimum Gasteiger partial charge on any atom is -0.357 e. The number of hydrogen-bond acceptors (Lipinski definition) is 4. The van der Waals surface area contributed by atoms with Crippen molar-refractivity contribution in [1.82, 2.24) is 20.2 Å². The fourth-order valence-electron chi connectivity index (χ4n) is 0.640. The molecule has 1 rings (SSSR count). The van der Waals surface area contributed by atoms with Crippen LogP contribution in [0.5, 0.6) is 0 Å². The topological polar surface area (TPSA) is 52.8 Å². The van der Waals surface area contributed by atoms with E-state index in [1.807, 2.05) is 0 Å². The lowest BCUT2D eigenvalue weighted by molar-refractivity contribution is 0.0563. The third kappa shape index (κ3) is 3.08. The summed E-state index contributed by atoms with van der Waals surface area (Å²) in [5.41, 5.74) is 0. The summed E-state index contributed by atoms with van der Waals surface area (Å²) in [7, 11) is 0. The zero-order valence-electron chi connectivity index (χ0n) is 6.60. The fraction of sp³-hybridized carbons (Fsp3) is 0.833. The van der Waals surface area contributed by atoms with E-state index in [-0.39, 0.29) is 0 Å². The zero-order valence-corrected chi connectivity index (χ0v) is 6.60. The Kier molecular flexibility index (Phi) is 3.54. The van der Waals surface area contributed by atoms with E-state index in [0.717, 1.165) is 19.4 Å². The van der Waals surface area contributed by atoms with Gasteiger partial charge < -0.3 is 4.74 Å². The first-order chi connectivity index (χ1) is 5.43. The molecule has 0 aliphatic rings. The predicted molar refractivity (Wildman–Crippen MR) is 38.7 cm³/mol. The largest absolute Gasteiger partial charge is 0.357 e. The summed E-state index contributed by atoms with van der Waals surface area (Å²) < 4.78 is 5.22. The van der Waals surface area contributed by atoms with Crippen LogP contribution < -0.4 is 0 Å². The quantitative estimate of drug-likeness (QED) is 0.581. The van der Waals surface area contributed by atoms with Gasteiger partial charge in [-0.25, -0.2) is 0 Å². The molecule has 0 bridgehead atoms. The van der Waals surface area contributed by atoms with Crippen LogP contribution in [0, 0.1) is 0 Å². The molecule has 1 aromatic heterocycles. The monoisotopic (exact) mass is 156 g/mol. The van der Waals surface area contributed by atoms with E-state index in [9.17, 15) is 0 Å². The first kappa shape index (κ1) is 8.13. The zero-order chi connectivity index (χ0) is 7.94. The number of unbranched alkanes of at least 4 members (excludes halogenated alkanes) is 1. The fourth-order valence-corrected chi connectivity index (χ4v) is 0.640. The third-order valence-electron chi connectivity index (χ3n) is 1.24. The van der Waals surface area contributed by atoms with Gasteiger partial charge in [-0.1, -0.05) is 13.3 Å². The van der Waals surface area contributed by atoms with Gasteiger partial charge in [0.1, 0.15) is 0 Å². The molecule has 0 spiro atoms. The van der Waals surface area contributed by atoms with E-state index in [0.29, 0.717) is 6.73 Å². The van der Waals surface area contributed by atoms with Gasteiger partial charge in [-0.05, 0) is 11.6 Å². The van der Waals surface area contributed by atoms with Crippen LogP contribution in [0.1, 0.15) is 19.8 Å². The lowest BCUT2D eigenvalue weighted by atomic mass is 10.4. The van der Waals surface area contributed by atoms with E-state index in [2.05, 4.69) is 22.3 Å². The van der Waals surface area contributed by atoms with Crippen molar-refractivity contribution in [3.8, 4) is 0 Å². The van der Waals surface area contributed by atoms with Gasteiger partial charge in [0.15, 0.2) is 13.1 Å². The van der Waals surface area contributed by atoms with Crippen molar-refractivity contribution in [2.24, 2.45) is 0 Å². The van der Waals surface area contributed by atoms with E-state index < -0.39 is 0 Å². The van der Waals surface area contributed by atoms with Crippen LogP contribution in [-0.4, -0.2) is 26.8 Å². The number of ether oxygens (including phenoxy) is 1. The van der Waals surface area contributed by atoms with Crippen molar-refractivity contribution in [1.29, 1.82) is 0 Å². The van der Waals surface area contributed by atoms with Crippen molar-refractivity contribution in [3.05, 3.63) is 6.33 Å². The number of hydrogen-bond donors (Lipinski definition) is 0. The summed E-state index contributed by atoms with van der Waals surface area (Å²) in [5, 5.41) is 11.0. The average molecular weight is 156 g/mol. The van der Waals surface area contributed by atoms with E-state index >= 15 is 0 Å². The second kappa shape index (κ2) is 4.79. The van der Waals surface area contributed by atoms with Gasteiger partial charge in [-0.3, -0.25) is 0 Å². The van der Waals surface area contributed by atoms with Crippen molar-refractivity contribution < 1.29 is 4.74 Å². The molecule has 0 N–H and O–H groups in total. The molecule has 5 nitrogen and oxygen atoms in total. The minimum absolute atomic E-state index is 0.403. The van der Waals surface area contributed by atoms with Crippen molar-refractivity contribution in [2.75, 3.05) is 6.61 Å². The first-order valence-corrected chi connectivity index (χ1v) is 3.72. The molecule has 0 atom stereocenters. The number of nitrogens with zero attached hydrogens (tertiary/aromatic N) is 4. The maximum absolute atomic E-state index is 5.22. The van der Waals surface area contributed by atoms with E-state index in [1.165, 1.54) is 11.1 Å². The van der Waals surface area contributed by atoms with Crippen LogP contribution in [0.3, 0.4) is 0 Å². The Morgan fingerprint density at radius 3 is 3.09 bits per heavy atom. The Morgan fingerprint density at radius 1 is 1.55 bits per heavy atom. The summed E-state index contributed by atoms with van der Waals surface area (Å²) in [6.07, 6.45) is 3.61. The van der Waals surface area contributed by atoms with Gasteiger partial charge >= 0.3 is 0 Å². The third-order valence-corrected chi connectivity index (χ3v) is 1.24. The molecule has 0 amide bonds. The highest BCUT2D eigenvalue weighted by atomic mass is 16.5. The Balaban J connectivity index is 2.04. The van der Waals surface area contributed by atoms with Gasteiger partial charge in [0.05, 0.1) is 0 Å². The smallest absolute Gasteiger partial charge is 0.162 e. The van der Waals surface area contributed by atoms with Gasteiger partial charge in [0.2, 0.25) is 0 Å². The average Bonchev–Trinajstić information content (AvgIpc) is 2.50. The lowest BCUT2D eigenvalue weighted by Gasteiger charge is -1.99. The Labute approximate surface area is 65.4 Å². The number of tetrazole rings is 1. The maximum Gasteiger partial charge on any atom is 0.162 e. The molecule has 1 aromatic rings. The van der Waals surface area contributed by atoms with E-state index in [4.69, 9.17) is 4.74 Å². The molecular formula is C6H12N4O. The summed E-state index contributed by atoms with van der Waals surface area (Å²) in [6.45, 7) is 3.29. The number of rotatable bonds is 5. The Bertz CT molecular complexity index is 175. The van der Waals surface area contributed by atoms with Gasteiger partial charge in [0.25, 0.3) is 0 Å². The molecule has 62 valence electrons. The highest BCUT2D eigenvalue weighted by molar-refractivity contribution is 4.34. The summed E-state index contributed by atoms with van der Waals surface area (Å²) >= 11 is 0. The molecule has 0 aliphatic heterocycles. The van der Waals surface area contributed by atoms with E-state index in [1.54, 1.807) is 0 Å². The lowest BCUT2D eigenvalue weighted by Crippen LogP contribution is -2.06. The summed E-state index contributed by atoms with van der Waals surface area (Å²) in [6, 6.07) is 0. The van der Waals surface area contributed by atoms with Crippen LogP contribution in [0.4, 0.5) is 0 Å². The van der Waals surface area contributed by atoms with Crippen LogP contribution in [-0.2, 0) is 11.5 Å². The van der Waals surface area contributed by atoms with Gasteiger partial charge in [0, 0.05) is 6.61 Å². The Hall–Kier alpha value is -0.970. The highest BCUT2D eigenvalue weighted by Crippen LogP contribution is 1.88. The molecule has 0 saturated carbocycles. The molecule has 0 aromatic carbocycles. The molecule has 11 heavy (non-hydrogen) atoms. The molecule has 5 heteroatoms.